The Balaban J connectivity index is 1.29. The molecule has 2 aromatic heterocycles. The van der Waals surface area contributed by atoms with Crippen LogP contribution >= 0.6 is 0 Å². The van der Waals surface area contributed by atoms with Crippen LogP contribution in [0.25, 0.3) is 11.0 Å². The molecule has 0 atom stereocenters. The van der Waals surface area contributed by atoms with Gasteiger partial charge in [-0.05, 0) is 31.2 Å². The number of benzene rings is 1. The van der Waals surface area contributed by atoms with Crippen LogP contribution < -0.4 is 9.64 Å². The summed E-state index contributed by atoms with van der Waals surface area (Å²) in [5.74, 6) is 1.55. The fourth-order valence-electron chi connectivity index (χ4n) is 3.80. The van der Waals surface area contributed by atoms with E-state index in [1.165, 1.54) is 0 Å². The highest BCUT2D eigenvalue weighted by Crippen LogP contribution is 2.23. The second kappa shape index (κ2) is 9.11. The first-order valence-corrected chi connectivity index (χ1v) is 10.5. The highest BCUT2D eigenvalue weighted by atomic mass is 16.5. The van der Waals surface area contributed by atoms with Gasteiger partial charge in [-0.1, -0.05) is 0 Å². The molecule has 0 N–H and O–H groups in total. The molecule has 31 heavy (non-hydrogen) atoms. The predicted octanol–water partition coefficient (Wildman–Crippen LogP) is 2.07. The maximum Gasteiger partial charge on any atom is 0.223 e. The minimum atomic E-state index is -0.0324. The van der Waals surface area contributed by atoms with E-state index >= 15 is 0 Å². The molecule has 1 saturated heterocycles. The molecule has 0 saturated carbocycles. The van der Waals surface area contributed by atoms with Crippen LogP contribution in [-0.2, 0) is 11.8 Å². The summed E-state index contributed by atoms with van der Waals surface area (Å²) in [7, 11) is 1.85. The van der Waals surface area contributed by atoms with Crippen LogP contribution in [-0.4, -0.2) is 69.1 Å². The maximum absolute atomic E-state index is 12.6. The Morgan fingerprint density at radius 2 is 1.77 bits per heavy atom. The lowest BCUT2D eigenvalue weighted by molar-refractivity contribution is -0.131. The molecule has 0 spiro atoms. The van der Waals surface area contributed by atoms with Gasteiger partial charge >= 0.3 is 0 Å². The Labute approximate surface area is 180 Å². The van der Waals surface area contributed by atoms with Crippen molar-refractivity contribution in [3.8, 4) is 5.75 Å². The van der Waals surface area contributed by atoms with E-state index in [-0.39, 0.29) is 24.5 Å². The summed E-state index contributed by atoms with van der Waals surface area (Å²) in [4.78, 5) is 37.7. The zero-order chi connectivity index (χ0) is 21.8. The average molecular weight is 422 g/mol. The van der Waals surface area contributed by atoms with Crippen LogP contribution in [0.3, 0.4) is 0 Å². The van der Waals surface area contributed by atoms with Gasteiger partial charge in [-0.25, -0.2) is 9.97 Å². The molecule has 0 unspecified atom stereocenters. The number of Topliss-reactive ketones (excluding diaryl/α,β-unsaturated/α-hetero) is 1. The van der Waals surface area contributed by atoms with Gasteiger partial charge in [0.15, 0.2) is 11.4 Å². The monoisotopic (exact) mass is 422 g/mol. The molecule has 3 heterocycles. The van der Waals surface area contributed by atoms with Gasteiger partial charge in [-0.15, -0.1) is 0 Å². The first-order chi connectivity index (χ1) is 15.1. The molecule has 1 amide bonds. The molecule has 1 fully saturated rings. The lowest BCUT2D eigenvalue weighted by Gasteiger charge is -2.35. The van der Waals surface area contributed by atoms with Crippen LogP contribution in [0.15, 0.2) is 36.8 Å². The lowest BCUT2D eigenvalue weighted by Crippen LogP contribution is -2.49. The van der Waals surface area contributed by atoms with E-state index in [4.69, 9.17) is 4.74 Å². The number of rotatable bonds is 7. The summed E-state index contributed by atoms with van der Waals surface area (Å²) < 4.78 is 7.12. The number of fused-ring (bicyclic) bond motifs is 1. The molecular formula is C22H26N6O3. The van der Waals surface area contributed by atoms with Crippen LogP contribution in [0, 0.1) is 0 Å². The highest BCUT2D eigenvalue weighted by Gasteiger charge is 2.24. The van der Waals surface area contributed by atoms with Crippen LogP contribution in [0.5, 0.6) is 5.75 Å². The quantitative estimate of drug-likeness (QED) is 0.538. The fourth-order valence-corrected chi connectivity index (χ4v) is 3.80. The molecule has 0 bridgehead atoms. The van der Waals surface area contributed by atoms with Crippen molar-refractivity contribution in [2.75, 3.05) is 37.7 Å². The Kier molecular flexibility index (Phi) is 6.11. The number of aryl methyl sites for hydroxylation is 1. The fraction of sp³-hybridized carbons (Fsp3) is 0.409. The van der Waals surface area contributed by atoms with Crippen molar-refractivity contribution in [2.24, 2.45) is 7.05 Å². The number of amides is 1. The lowest BCUT2D eigenvalue weighted by atomic mass is 10.1. The van der Waals surface area contributed by atoms with Crippen molar-refractivity contribution in [3.63, 3.8) is 0 Å². The minimum absolute atomic E-state index is 0.00755. The Morgan fingerprint density at radius 3 is 2.48 bits per heavy atom. The second-order valence-electron chi connectivity index (χ2n) is 7.45. The third-order valence-electron chi connectivity index (χ3n) is 5.49. The van der Waals surface area contributed by atoms with E-state index in [1.807, 2.05) is 18.9 Å². The number of anilines is 1. The number of ketones is 1. The molecule has 1 aliphatic rings. The second-order valence-corrected chi connectivity index (χ2v) is 7.45. The molecule has 1 aliphatic heterocycles. The Hall–Kier alpha value is -3.49. The molecule has 9 nitrogen and oxygen atoms in total. The van der Waals surface area contributed by atoms with Gasteiger partial charge in [-0.2, -0.15) is 5.10 Å². The normalized spacial score (nSPS) is 14.1. The van der Waals surface area contributed by atoms with Crippen LogP contribution in [0.1, 0.15) is 30.1 Å². The van der Waals surface area contributed by atoms with Crippen molar-refractivity contribution in [2.45, 2.75) is 19.8 Å². The van der Waals surface area contributed by atoms with Crippen molar-refractivity contribution in [1.82, 2.24) is 24.6 Å². The van der Waals surface area contributed by atoms with Gasteiger partial charge in [0.1, 0.15) is 17.9 Å². The van der Waals surface area contributed by atoms with E-state index in [0.717, 1.165) is 22.6 Å². The van der Waals surface area contributed by atoms with E-state index < -0.39 is 0 Å². The largest absolute Gasteiger partial charge is 0.494 e. The molecule has 0 radical (unpaired) electrons. The number of ether oxygens (including phenoxy) is 1. The van der Waals surface area contributed by atoms with Crippen molar-refractivity contribution in [3.05, 3.63) is 42.4 Å². The minimum Gasteiger partial charge on any atom is -0.494 e. The summed E-state index contributed by atoms with van der Waals surface area (Å²) in [6, 6.07) is 7.06. The number of hydrogen-bond acceptors (Lipinski definition) is 7. The average Bonchev–Trinajstić information content (AvgIpc) is 3.19. The van der Waals surface area contributed by atoms with Crippen molar-refractivity contribution in [1.29, 1.82) is 0 Å². The number of hydrogen-bond donors (Lipinski definition) is 0. The predicted molar refractivity (Wildman–Crippen MR) is 116 cm³/mol. The summed E-state index contributed by atoms with van der Waals surface area (Å²) in [5, 5.41) is 5.17. The number of piperazine rings is 1. The number of nitrogens with zero attached hydrogens (tertiary/aromatic N) is 6. The third kappa shape index (κ3) is 4.50. The topological polar surface area (TPSA) is 93.5 Å². The van der Waals surface area contributed by atoms with Gasteiger partial charge in [0.05, 0.1) is 18.2 Å². The van der Waals surface area contributed by atoms with E-state index in [1.54, 1.807) is 41.5 Å². The Morgan fingerprint density at radius 1 is 1.03 bits per heavy atom. The van der Waals surface area contributed by atoms with Crippen molar-refractivity contribution < 1.29 is 14.3 Å². The van der Waals surface area contributed by atoms with E-state index in [0.29, 0.717) is 38.3 Å². The van der Waals surface area contributed by atoms with Gasteiger partial charge in [-0.3, -0.25) is 14.3 Å². The van der Waals surface area contributed by atoms with Gasteiger partial charge < -0.3 is 14.5 Å². The van der Waals surface area contributed by atoms with E-state index in [2.05, 4.69) is 20.0 Å². The summed E-state index contributed by atoms with van der Waals surface area (Å²) in [5.41, 5.74) is 1.39. The standard InChI is InChI=1S/C22H26N6O3/c1-3-31-17-6-4-16(5-7-17)19(29)8-9-20(30)27-10-12-28(13-11-27)22-18-14-25-26(2)21(18)23-15-24-22/h4-7,14-15H,3,8-13H2,1-2H3. The first-order valence-electron chi connectivity index (χ1n) is 10.5. The number of carbonyl (C=O) groups is 2. The van der Waals surface area contributed by atoms with Gasteiger partial charge in [0.2, 0.25) is 5.91 Å². The summed E-state index contributed by atoms with van der Waals surface area (Å²) >= 11 is 0. The molecule has 1 aromatic carbocycles. The molecule has 4 rings (SSSR count). The van der Waals surface area contributed by atoms with Crippen molar-refractivity contribution >= 4 is 28.5 Å². The zero-order valence-corrected chi connectivity index (χ0v) is 17.8. The van der Waals surface area contributed by atoms with Crippen LogP contribution in [0.2, 0.25) is 0 Å². The SMILES string of the molecule is CCOc1ccc(C(=O)CCC(=O)N2CCN(c3ncnc4c3cnn4C)CC2)cc1. The molecular weight excluding hydrogens is 396 g/mol. The number of aromatic nitrogens is 4. The van der Waals surface area contributed by atoms with E-state index in [9.17, 15) is 9.59 Å². The highest BCUT2D eigenvalue weighted by molar-refractivity contribution is 5.98. The Bertz CT molecular complexity index is 1070. The van der Waals surface area contributed by atoms with Gasteiger partial charge in [0.25, 0.3) is 0 Å². The zero-order valence-electron chi connectivity index (χ0n) is 17.8. The first kappa shape index (κ1) is 20.8. The smallest absolute Gasteiger partial charge is 0.223 e. The molecule has 3 aromatic rings. The summed E-state index contributed by atoms with van der Waals surface area (Å²) in [6.45, 7) is 5.06. The molecule has 162 valence electrons. The number of carbonyl (C=O) groups excluding carboxylic acids is 2. The maximum atomic E-state index is 12.6. The molecule has 0 aliphatic carbocycles. The van der Waals surface area contributed by atoms with Gasteiger partial charge in [0, 0.05) is 51.6 Å². The molecule has 9 heteroatoms. The third-order valence-corrected chi connectivity index (χ3v) is 5.49. The van der Waals surface area contributed by atoms with Crippen LogP contribution in [0.4, 0.5) is 5.82 Å². The summed E-state index contributed by atoms with van der Waals surface area (Å²) in [6.07, 6.45) is 3.74.